The Hall–Kier alpha value is 3.03. The first-order chi connectivity index (χ1) is 0. The molecule has 0 aliphatic carbocycles. The largest absolute Gasteiger partial charge is 0.187 e. The molecule has 0 rings (SSSR count). The molecule has 4 heteroatoms. The summed E-state index contributed by atoms with van der Waals surface area (Å²) in [5.74, 6) is 0. The van der Waals surface area contributed by atoms with Gasteiger partial charge in [0, 0.05) is 77.7 Å². The quantitative estimate of drug-likeness (QED) is 0.493. The van der Waals surface area contributed by atoms with Gasteiger partial charge in [-0.2, -0.15) is 0 Å². The first kappa shape index (κ1) is 27.9. The molecule has 0 aromatic rings. The molecule has 0 heterocycles. The Kier molecular flexibility index (Phi) is 116. The maximum absolute atomic E-state index is 0. The van der Waals surface area contributed by atoms with Crippen molar-refractivity contribution in [2.24, 2.45) is 0 Å². The van der Waals surface area contributed by atoms with Gasteiger partial charge in [-0.25, -0.2) is 0 Å². The Morgan fingerprint density at radius 2 is 1.00 bits per heavy atom. The Morgan fingerprint density at radius 1 is 1.00 bits per heavy atom. The van der Waals surface area contributed by atoms with Crippen LogP contribution in [0.25, 0.3) is 0 Å². The summed E-state index contributed by atoms with van der Waals surface area (Å²) in [5.41, 5.74) is 0. The molecule has 0 radical (unpaired) electrons. The van der Waals surface area contributed by atoms with Gasteiger partial charge in [0.2, 0.25) is 0 Å². The molecule has 0 atom stereocenters. The van der Waals surface area contributed by atoms with E-state index in [0.29, 0.717) is 0 Å². The van der Waals surface area contributed by atoms with Crippen molar-refractivity contribution in [3.63, 3.8) is 0 Å². The average molecular weight is 294 g/mol. The minimum absolute atomic E-state index is 0. The molecule has 0 aliphatic rings. The molecule has 0 aliphatic heterocycles. The Morgan fingerprint density at radius 3 is 1.00 bits per heavy atom. The number of hydrogen-bond acceptors (Lipinski definition) is 0. The molecule has 0 aromatic heterocycles. The molecular formula is H3AlCeNiZn. The summed E-state index contributed by atoms with van der Waals surface area (Å²) in [6.07, 6.45) is 0. The van der Waals surface area contributed by atoms with E-state index in [0.717, 1.165) is 0 Å². The van der Waals surface area contributed by atoms with E-state index in [1.54, 1.807) is 0 Å². The van der Waals surface area contributed by atoms with E-state index in [1.165, 1.54) is 0 Å². The van der Waals surface area contributed by atoms with Crippen LogP contribution >= 0.6 is 0 Å². The summed E-state index contributed by atoms with van der Waals surface area (Å²) in [6.45, 7) is 0. The van der Waals surface area contributed by atoms with Gasteiger partial charge in [-0.15, -0.1) is 0 Å². The first-order valence-electron chi connectivity index (χ1n) is 0. The zero-order valence-electron chi connectivity index (χ0n) is 1.52. The molecule has 0 saturated carbocycles. The van der Waals surface area contributed by atoms with Crippen LogP contribution in [0.15, 0.2) is 0 Å². The third-order valence-corrected chi connectivity index (χ3v) is 0. The van der Waals surface area contributed by atoms with Crippen LogP contribution in [0.1, 0.15) is 0 Å². The second kappa shape index (κ2) is 16.6. The van der Waals surface area contributed by atoms with E-state index in [2.05, 4.69) is 0 Å². The fourth-order valence-corrected chi connectivity index (χ4v) is 0. The van der Waals surface area contributed by atoms with Crippen LogP contribution in [0.2, 0.25) is 0 Å². The molecule has 0 saturated heterocycles. The standard InChI is InChI=1S/Al.Ce.Ni.Zn.3H. The molecule has 22 valence electrons. The molecule has 0 bridgehead atoms. The Bertz CT molecular complexity index is 8.00. The summed E-state index contributed by atoms with van der Waals surface area (Å²) >= 11 is 0. The van der Waals surface area contributed by atoms with Gasteiger partial charge in [-0.3, -0.25) is 0 Å². The van der Waals surface area contributed by atoms with Crippen molar-refractivity contribution in [3.05, 3.63) is 0 Å². The van der Waals surface area contributed by atoms with Crippen molar-refractivity contribution < 1.29 is 77.7 Å². The van der Waals surface area contributed by atoms with Crippen LogP contribution in [0, 0.1) is 41.7 Å². The number of rotatable bonds is 0. The van der Waals surface area contributed by atoms with Crippen LogP contribution in [-0.4, -0.2) is 17.4 Å². The fraction of sp³-hybridized carbons (Fsp3) is 0. The van der Waals surface area contributed by atoms with Gasteiger partial charge in [0.1, 0.15) is 0 Å². The van der Waals surface area contributed by atoms with Crippen molar-refractivity contribution in [1.82, 2.24) is 0 Å². The topological polar surface area (TPSA) is 0 Å². The van der Waals surface area contributed by atoms with Crippen LogP contribution in [0.4, 0.5) is 0 Å². The van der Waals surface area contributed by atoms with E-state index in [-0.39, 0.29) is 95.1 Å². The normalized spacial score (nSPS) is 0. The maximum Gasteiger partial charge on any atom is 0.187 e. The Labute approximate surface area is 93.1 Å². The molecule has 0 amide bonds. The van der Waals surface area contributed by atoms with Gasteiger partial charge in [-0.1, -0.05) is 0 Å². The monoisotopic (exact) mass is 292 g/mol. The van der Waals surface area contributed by atoms with E-state index < -0.39 is 0 Å². The molecule has 4 heavy (non-hydrogen) atoms. The fourth-order valence-electron chi connectivity index (χ4n) is 0. The summed E-state index contributed by atoms with van der Waals surface area (Å²) in [5, 5.41) is 0. The van der Waals surface area contributed by atoms with Crippen LogP contribution in [0.5, 0.6) is 0 Å². The third-order valence-electron chi connectivity index (χ3n) is 0. The van der Waals surface area contributed by atoms with E-state index >= 15 is 0 Å². The van der Waals surface area contributed by atoms with Gasteiger partial charge in [0.15, 0.2) is 17.4 Å². The molecule has 0 unspecified atom stereocenters. The average Bonchev–Trinajstić information content (AvgIpc) is 0. The van der Waals surface area contributed by atoms with Crippen LogP contribution in [-0.2, 0) is 36.0 Å². The molecule has 0 nitrogen and oxygen atoms in total. The SMILES string of the molecule is [AlH3].[Ce].[Ni].[Zn]. The molecule has 0 N–H and O–H groups in total. The van der Waals surface area contributed by atoms with E-state index in [1.807, 2.05) is 0 Å². The van der Waals surface area contributed by atoms with Gasteiger partial charge in [-0.05, 0) is 0 Å². The van der Waals surface area contributed by atoms with Crippen molar-refractivity contribution in [1.29, 1.82) is 0 Å². The van der Waals surface area contributed by atoms with E-state index in [9.17, 15) is 0 Å². The maximum atomic E-state index is 0. The molecule has 0 aromatic carbocycles. The van der Waals surface area contributed by atoms with Gasteiger partial charge in [0.25, 0.3) is 0 Å². The van der Waals surface area contributed by atoms with Crippen molar-refractivity contribution in [2.45, 2.75) is 0 Å². The summed E-state index contributed by atoms with van der Waals surface area (Å²) in [6, 6.07) is 0. The zero-order chi connectivity index (χ0) is 0. The van der Waals surface area contributed by atoms with Gasteiger partial charge < -0.3 is 0 Å². The van der Waals surface area contributed by atoms with Gasteiger partial charge in [0.05, 0.1) is 0 Å². The predicted octanol–water partition coefficient (Wildman–Crippen LogP) is -1.19. The minimum atomic E-state index is 0. The second-order valence-electron chi connectivity index (χ2n) is 0. The van der Waals surface area contributed by atoms with Crippen LogP contribution in [0.3, 0.4) is 0 Å². The summed E-state index contributed by atoms with van der Waals surface area (Å²) in [4.78, 5) is 0. The summed E-state index contributed by atoms with van der Waals surface area (Å²) < 4.78 is 0. The minimum Gasteiger partial charge on any atom is 0 e. The predicted molar refractivity (Wildman–Crippen MR) is 9.94 cm³/mol. The zero-order valence-corrected chi connectivity index (χ0v) is 8.62. The Balaban J connectivity index is 0. The first-order valence-corrected chi connectivity index (χ1v) is 0. The molecule has 0 spiro atoms. The smallest absolute Gasteiger partial charge is 0 e. The second-order valence-corrected chi connectivity index (χ2v) is 0. The molecule has 0 fully saturated rings. The van der Waals surface area contributed by atoms with Crippen molar-refractivity contribution in [3.8, 4) is 0 Å². The van der Waals surface area contributed by atoms with Crippen LogP contribution < -0.4 is 0 Å². The van der Waals surface area contributed by atoms with Crippen molar-refractivity contribution >= 4 is 17.4 Å². The van der Waals surface area contributed by atoms with Crippen molar-refractivity contribution in [2.75, 3.05) is 0 Å². The third kappa shape index (κ3) is 8.90. The number of hydrogen-bond donors (Lipinski definition) is 0. The van der Waals surface area contributed by atoms with E-state index in [4.69, 9.17) is 0 Å². The summed E-state index contributed by atoms with van der Waals surface area (Å²) in [7, 11) is 0. The van der Waals surface area contributed by atoms with Gasteiger partial charge >= 0.3 is 0 Å². The molecular weight excluding hydrogens is 291 g/mol.